The number of fused-ring (bicyclic) bond motifs is 3. The number of hydrogen-bond donors (Lipinski definition) is 0. The van der Waals surface area contributed by atoms with E-state index in [-0.39, 0.29) is 21.8 Å². The van der Waals surface area contributed by atoms with Crippen LogP contribution in [-0.4, -0.2) is 8.42 Å². The fraction of sp³-hybridized carbons (Fsp3) is 0.0385. The lowest BCUT2D eigenvalue weighted by molar-refractivity contribution is 0.484. The minimum absolute atomic E-state index is 0.00346. The summed E-state index contributed by atoms with van der Waals surface area (Å²) in [5.41, 5.74) is 1.07. The van der Waals surface area contributed by atoms with Crippen molar-refractivity contribution in [1.82, 2.24) is 0 Å². The minimum Gasteiger partial charge on any atom is -0.422 e. The SMILES string of the molecule is Cc1ccc(S(=O)(=O)Oc2c(-c3ccccc3)c(=O)oc3ccc4ccccc4c23)cc1. The monoisotopic (exact) mass is 442 g/mol. The van der Waals surface area contributed by atoms with Crippen molar-refractivity contribution in [2.24, 2.45) is 0 Å². The highest BCUT2D eigenvalue weighted by Gasteiger charge is 2.25. The van der Waals surface area contributed by atoms with Crippen LogP contribution in [0, 0.1) is 6.92 Å². The van der Waals surface area contributed by atoms with Crippen molar-refractivity contribution in [2.45, 2.75) is 11.8 Å². The fourth-order valence-electron chi connectivity index (χ4n) is 3.74. The molecular weight excluding hydrogens is 424 g/mol. The van der Waals surface area contributed by atoms with Crippen LogP contribution >= 0.6 is 0 Å². The van der Waals surface area contributed by atoms with E-state index in [2.05, 4.69) is 0 Å². The molecule has 0 aliphatic heterocycles. The van der Waals surface area contributed by atoms with Crippen LogP contribution in [0.15, 0.2) is 105 Å². The zero-order valence-corrected chi connectivity index (χ0v) is 17.9. The average Bonchev–Trinajstić information content (AvgIpc) is 2.79. The average molecular weight is 442 g/mol. The Labute approximate surface area is 184 Å². The zero-order chi connectivity index (χ0) is 22.3. The van der Waals surface area contributed by atoms with Gasteiger partial charge in [-0.1, -0.05) is 78.4 Å². The molecule has 4 aromatic carbocycles. The Balaban J connectivity index is 1.87. The lowest BCUT2D eigenvalue weighted by atomic mass is 10.0. The van der Waals surface area contributed by atoms with Gasteiger partial charge in [0, 0.05) is 0 Å². The molecule has 0 unspecified atom stereocenters. The van der Waals surface area contributed by atoms with Gasteiger partial charge in [-0.2, -0.15) is 8.42 Å². The van der Waals surface area contributed by atoms with Crippen LogP contribution < -0.4 is 9.81 Å². The van der Waals surface area contributed by atoms with E-state index >= 15 is 0 Å². The summed E-state index contributed by atoms with van der Waals surface area (Å²) in [5.74, 6) is -0.0418. The Morgan fingerprint density at radius 2 is 1.47 bits per heavy atom. The Bertz CT molecular complexity index is 1620. The van der Waals surface area contributed by atoms with Crippen LogP contribution in [0.1, 0.15) is 5.56 Å². The first kappa shape index (κ1) is 20.0. The van der Waals surface area contributed by atoms with Gasteiger partial charge in [-0.05, 0) is 41.5 Å². The van der Waals surface area contributed by atoms with Gasteiger partial charge < -0.3 is 8.60 Å². The third-order valence-electron chi connectivity index (χ3n) is 5.32. The molecule has 5 aromatic rings. The van der Waals surface area contributed by atoms with Gasteiger partial charge in [-0.25, -0.2) is 4.79 Å². The predicted molar refractivity (Wildman–Crippen MR) is 124 cm³/mol. The predicted octanol–water partition coefficient (Wildman–Crippen LogP) is 5.69. The number of hydrogen-bond acceptors (Lipinski definition) is 5. The van der Waals surface area contributed by atoms with Crippen LogP contribution in [0.25, 0.3) is 32.9 Å². The fourth-order valence-corrected chi connectivity index (χ4v) is 4.69. The van der Waals surface area contributed by atoms with E-state index in [0.717, 1.165) is 16.3 Å². The van der Waals surface area contributed by atoms with Crippen LogP contribution in [0.4, 0.5) is 0 Å². The summed E-state index contributed by atoms with van der Waals surface area (Å²) in [5, 5.41) is 2.02. The summed E-state index contributed by atoms with van der Waals surface area (Å²) in [6.07, 6.45) is 0. The van der Waals surface area contributed by atoms with Crippen molar-refractivity contribution < 1.29 is 17.0 Å². The van der Waals surface area contributed by atoms with E-state index in [4.69, 9.17) is 8.60 Å². The van der Waals surface area contributed by atoms with Gasteiger partial charge in [0.15, 0.2) is 5.75 Å². The van der Waals surface area contributed by atoms with E-state index in [0.29, 0.717) is 10.9 Å². The van der Waals surface area contributed by atoms with Crippen LogP contribution in [0.5, 0.6) is 5.75 Å². The van der Waals surface area contributed by atoms with Crippen molar-refractivity contribution in [3.8, 4) is 16.9 Å². The normalized spacial score (nSPS) is 11.7. The Hall–Kier alpha value is -3.90. The molecule has 0 radical (unpaired) electrons. The smallest absolute Gasteiger partial charge is 0.348 e. The zero-order valence-electron chi connectivity index (χ0n) is 17.1. The van der Waals surface area contributed by atoms with E-state index in [9.17, 15) is 13.2 Å². The maximum absolute atomic E-state index is 13.2. The standard InChI is InChI=1S/C26H18O5S/c1-17-11-14-20(15-12-17)32(28,29)31-25-23(19-8-3-2-4-9-19)26(27)30-22-16-13-18-7-5-6-10-21(18)24(22)25/h2-16H,1H3. The maximum atomic E-state index is 13.2. The molecule has 5 rings (SSSR count). The van der Waals surface area contributed by atoms with Crippen LogP contribution in [0.2, 0.25) is 0 Å². The number of rotatable bonds is 4. The summed E-state index contributed by atoms with van der Waals surface area (Å²) in [6, 6.07) is 26.1. The summed E-state index contributed by atoms with van der Waals surface area (Å²) < 4.78 is 37.8. The summed E-state index contributed by atoms with van der Waals surface area (Å²) in [7, 11) is -4.22. The van der Waals surface area contributed by atoms with E-state index < -0.39 is 15.7 Å². The molecule has 1 aromatic heterocycles. The third-order valence-corrected chi connectivity index (χ3v) is 6.55. The first-order chi connectivity index (χ1) is 15.4. The molecule has 0 saturated heterocycles. The van der Waals surface area contributed by atoms with Crippen LogP contribution in [0.3, 0.4) is 0 Å². The van der Waals surface area contributed by atoms with Gasteiger partial charge in [0.1, 0.15) is 16.0 Å². The number of aryl methyl sites for hydroxylation is 1. The minimum atomic E-state index is -4.22. The first-order valence-corrected chi connectivity index (χ1v) is 11.4. The lowest BCUT2D eigenvalue weighted by Gasteiger charge is -2.15. The van der Waals surface area contributed by atoms with Crippen LogP contribution in [-0.2, 0) is 10.1 Å². The molecule has 0 fully saturated rings. The van der Waals surface area contributed by atoms with Crippen molar-refractivity contribution >= 4 is 31.9 Å². The van der Waals surface area contributed by atoms with Crippen molar-refractivity contribution in [1.29, 1.82) is 0 Å². The molecule has 0 spiro atoms. The van der Waals surface area contributed by atoms with Gasteiger partial charge in [-0.15, -0.1) is 0 Å². The molecule has 0 bridgehead atoms. The second-order valence-corrected chi connectivity index (χ2v) is 9.02. The van der Waals surface area contributed by atoms with Gasteiger partial charge >= 0.3 is 15.7 Å². The largest absolute Gasteiger partial charge is 0.422 e. The van der Waals surface area contributed by atoms with Gasteiger partial charge in [0.05, 0.1) is 5.39 Å². The molecule has 32 heavy (non-hydrogen) atoms. The molecule has 158 valence electrons. The molecule has 6 heteroatoms. The first-order valence-electron chi connectivity index (χ1n) is 9.99. The Kier molecular flexibility index (Phi) is 4.79. The second kappa shape index (κ2) is 7.66. The topological polar surface area (TPSA) is 73.6 Å². The van der Waals surface area contributed by atoms with Gasteiger partial charge in [0.25, 0.3) is 0 Å². The quantitative estimate of drug-likeness (QED) is 0.203. The summed E-state index contributed by atoms with van der Waals surface area (Å²) >= 11 is 0. The van der Waals surface area contributed by atoms with Gasteiger partial charge in [0.2, 0.25) is 0 Å². The highest BCUT2D eigenvalue weighted by molar-refractivity contribution is 7.87. The summed E-state index contributed by atoms with van der Waals surface area (Å²) in [6.45, 7) is 1.87. The molecule has 1 heterocycles. The van der Waals surface area contributed by atoms with Crippen molar-refractivity contribution in [3.63, 3.8) is 0 Å². The van der Waals surface area contributed by atoms with Crippen molar-refractivity contribution in [3.05, 3.63) is 107 Å². The molecule has 0 amide bonds. The third kappa shape index (κ3) is 3.44. The lowest BCUT2D eigenvalue weighted by Crippen LogP contribution is -2.14. The number of benzene rings is 4. The van der Waals surface area contributed by atoms with Gasteiger partial charge in [-0.3, -0.25) is 0 Å². The molecule has 5 nitrogen and oxygen atoms in total. The van der Waals surface area contributed by atoms with E-state index in [1.807, 2.05) is 43.3 Å². The highest BCUT2D eigenvalue weighted by atomic mass is 32.2. The Morgan fingerprint density at radius 3 is 2.22 bits per heavy atom. The molecular formula is C26H18O5S. The second-order valence-electron chi connectivity index (χ2n) is 7.47. The molecule has 0 N–H and O–H groups in total. The summed E-state index contributed by atoms with van der Waals surface area (Å²) in [4.78, 5) is 13.0. The highest BCUT2D eigenvalue weighted by Crippen LogP contribution is 2.39. The van der Waals surface area contributed by atoms with E-state index in [1.54, 1.807) is 42.5 Å². The van der Waals surface area contributed by atoms with Crippen molar-refractivity contribution in [2.75, 3.05) is 0 Å². The Morgan fingerprint density at radius 1 is 0.781 bits per heavy atom. The molecule has 0 aliphatic carbocycles. The molecule has 0 saturated carbocycles. The molecule has 0 aliphatic rings. The molecule has 0 atom stereocenters. The van der Waals surface area contributed by atoms with E-state index in [1.165, 1.54) is 12.1 Å². The maximum Gasteiger partial charge on any atom is 0.348 e.